The molecule has 0 unspecified atom stereocenters. The maximum Gasteiger partial charge on any atom is 0.260 e. The molecule has 148 valence electrons. The maximum absolute atomic E-state index is 12.7. The van der Waals surface area contributed by atoms with Gasteiger partial charge in [0.05, 0.1) is 10.9 Å². The van der Waals surface area contributed by atoms with Crippen LogP contribution in [0, 0.1) is 5.92 Å². The van der Waals surface area contributed by atoms with Gasteiger partial charge in [-0.1, -0.05) is 13.8 Å². The second-order valence-electron chi connectivity index (χ2n) is 7.54. The number of aromatic nitrogens is 2. The topological polar surface area (TPSA) is 99.2 Å². The monoisotopic (exact) mass is 382 g/mol. The molecule has 2 aromatic heterocycles. The first-order valence-corrected chi connectivity index (χ1v) is 9.34. The third-order valence-corrected chi connectivity index (χ3v) is 4.60. The molecule has 0 radical (unpaired) electrons. The third kappa shape index (κ3) is 4.14. The van der Waals surface area contributed by atoms with Gasteiger partial charge < -0.3 is 20.4 Å². The Morgan fingerprint density at radius 1 is 1.25 bits per heavy atom. The molecule has 1 aromatic carbocycles. The molecule has 0 aliphatic rings. The van der Waals surface area contributed by atoms with E-state index in [1.807, 2.05) is 18.2 Å². The second-order valence-corrected chi connectivity index (χ2v) is 7.54. The van der Waals surface area contributed by atoms with E-state index in [2.05, 4.69) is 24.1 Å². The molecule has 28 heavy (non-hydrogen) atoms. The van der Waals surface area contributed by atoms with Gasteiger partial charge in [0, 0.05) is 43.0 Å². The van der Waals surface area contributed by atoms with Gasteiger partial charge in [-0.25, -0.2) is 4.98 Å². The van der Waals surface area contributed by atoms with E-state index in [0.29, 0.717) is 29.5 Å². The predicted octanol–water partition coefficient (Wildman–Crippen LogP) is 2.80. The second kappa shape index (κ2) is 7.98. The predicted molar refractivity (Wildman–Crippen MR) is 112 cm³/mol. The van der Waals surface area contributed by atoms with Crippen LogP contribution in [0.5, 0.6) is 5.75 Å². The highest BCUT2D eigenvalue weighted by Crippen LogP contribution is 2.27. The fraction of sp³-hybridized carbons (Fsp3) is 0.381. The largest absolute Gasteiger partial charge is 0.492 e. The molecule has 7 nitrogen and oxygen atoms in total. The molecule has 0 spiro atoms. The van der Waals surface area contributed by atoms with Crippen LogP contribution in [0.4, 0.5) is 5.82 Å². The van der Waals surface area contributed by atoms with Crippen molar-refractivity contribution >= 4 is 33.4 Å². The number of hydrogen-bond donors (Lipinski definition) is 2. The van der Waals surface area contributed by atoms with Gasteiger partial charge in [-0.3, -0.25) is 9.59 Å². The van der Waals surface area contributed by atoms with Crippen LogP contribution in [0.15, 0.2) is 35.3 Å². The van der Waals surface area contributed by atoms with E-state index in [1.165, 1.54) is 13.1 Å². The summed E-state index contributed by atoms with van der Waals surface area (Å²) in [4.78, 5) is 28.2. The van der Waals surface area contributed by atoms with Gasteiger partial charge in [-0.15, -0.1) is 0 Å². The van der Waals surface area contributed by atoms with Crippen molar-refractivity contribution in [3.8, 4) is 5.75 Å². The van der Waals surface area contributed by atoms with Gasteiger partial charge in [0.2, 0.25) is 5.91 Å². The zero-order chi connectivity index (χ0) is 20.4. The highest BCUT2D eigenvalue weighted by Gasteiger charge is 2.12. The van der Waals surface area contributed by atoms with Crippen LogP contribution in [-0.4, -0.2) is 28.1 Å². The summed E-state index contributed by atoms with van der Waals surface area (Å²) in [5.74, 6) is 1.37. The molecule has 3 N–H and O–H groups in total. The van der Waals surface area contributed by atoms with Gasteiger partial charge >= 0.3 is 0 Å². The van der Waals surface area contributed by atoms with E-state index in [9.17, 15) is 9.59 Å². The van der Waals surface area contributed by atoms with Crippen molar-refractivity contribution in [2.75, 3.05) is 11.9 Å². The first-order chi connectivity index (χ1) is 13.3. The number of pyridine rings is 2. The number of aryl methyl sites for hydroxylation is 1. The number of nitrogens with two attached hydrogens (primary N) is 1. The van der Waals surface area contributed by atoms with Gasteiger partial charge in [0.25, 0.3) is 5.56 Å². The van der Waals surface area contributed by atoms with Crippen molar-refractivity contribution in [3.63, 3.8) is 0 Å². The van der Waals surface area contributed by atoms with Crippen LogP contribution in [0.1, 0.15) is 27.2 Å². The Labute approximate surface area is 163 Å². The van der Waals surface area contributed by atoms with E-state index in [-0.39, 0.29) is 17.5 Å². The van der Waals surface area contributed by atoms with Crippen LogP contribution >= 0.6 is 0 Å². The number of nitrogens with zero attached hydrogens (tertiary/aromatic N) is 2. The summed E-state index contributed by atoms with van der Waals surface area (Å²) in [5.41, 5.74) is 6.69. The lowest BCUT2D eigenvalue weighted by Crippen LogP contribution is -2.29. The van der Waals surface area contributed by atoms with Crippen LogP contribution in [0.2, 0.25) is 0 Å². The normalized spacial score (nSPS) is 12.5. The number of amides is 1. The zero-order valence-corrected chi connectivity index (χ0v) is 16.7. The maximum atomic E-state index is 12.7. The minimum absolute atomic E-state index is 0.0394. The fourth-order valence-corrected chi connectivity index (χ4v) is 3.37. The minimum Gasteiger partial charge on any atom is -0.492 e. The average molecular weight is 382 g/mol. The number of carbonyl (C=O) groups is 1. The van der Waals surface area contributed by atoms with Crippen molar-refractivity contribution in [2.45, 2.75) is 33.2 Å². The molecule has 1 amide bonds. The molecular formula is C21H26N4O3. The minimum atomic E-state index is -0.214. The van der Waals surface area contributed by atoms with Crippen LogP contribution < -0.4 is 21.3 Å². The Hall–Kier alpha value is -2.93. The number of rotatable bonds is 6. The first kappa shape index (κ1) is 19.8. The first-order valence-electron chi connectivity index (χ1n) is 9.34. The van der Waals surface area contributed by atoms with Crippen LogP contribution in [-0.2, 0) is 11.8 Å². The van der Waals surface area contributed by atoms with E-state index >= 15 is 0 Å². The number of fused-ring (bicyclic) bond motifs is 3. The lowest BCUT2D eigenvalue weighted by Gasteiger charge is -2.16. The molecule has 3 rings (SSSR count). The van der Waals surface area contributed by atoms with Crippen LogP contribution in [0.25, 0.3) is 21.7 Å². The smallest absolute Gasteiger partial charge is 0.260 e. The Morgan fingerprint density at radius 3 is 2.68 bits per heavy atom. The molecule has 2 heterocycles. The van der Waals surface area contributed by atoms with E-state index in [4.69, 9.17) is 10.5 Å². The Balaban J connectivity index is 2.03. The van der Waals surface area contributed by atoms with E-state index < -0.39 is 0 Å². The van der Waals surface area contributed by atoms with Crippen LogP contribution in [0.3, 0.4) is 0 Å². The van der Waals surface area contributed by atoms with E-state index in [1.54, 1.807) is 17.7 Å². The van der Waals surface area contributed by atoms with Gasteiger partial charge in [-0.2, -0.15) is 0 Å². The van der Waals surface area contributed by atoms with Crippen molar-refractivity contribution in [1.82, 2.24) is 9.55 Å². The lowest BCUT2D eigenvalue weighted by atomic mass is 10.1. The Morgan fingerprint density at radius 2 is 2.00 bits per heavy atom. The Bertz CT molecular complexity index is 1090. The number of hydrogen-bond acceptors (Lipinski definition) is 5. The number of nitrogens with one attached hydrogen (secondary N) is 1. The van der Waals surface area contributed by atoms with E-state index in [0.717, 1.165) is 22.7 Å². The number of carbonyl (C=O) groups excluding carboxylic acids is 1. The number of anilines is 1. The molecule has 0 saturated heterocycles. The third-order valence-electron chi connectivity index (χ3n) is 4.60. The summed E-state index contributed by atoms with van der Waals surface area (Å²) in [5, 5.41) is 4.77. The average Bonchev–Trinajstić information content (AvgIpc) is 2.63. The summed E-state index contributed by atoms with van der Waals surface area (Å²) >= 11 is 0. The molecule has 0 saturated carbocycles. The van der Waals surface area contributed by atoms with Crippen molar-refractivity contribution < 1.29 is 9.53 Å². The SMILES string of the molecule is CC(=O)Nc1cc2c(cn1)c(=O)n(C)c1cc(OC[C@@H](N)CC(C)C)ccc21. The van der Waals surface area contributed by atoms with Gasteiger partial charge in [-0.05, 0) is 30.5 Å². The van der Waals surface area contributed by atoms with Crippen molar-refractivity contribution in [2.24, 2.45) is 18.7 Å². The molecule has 7 heteroatoms. The highest BCUT2D eigenvalue weighted by molar-refractivity contribution is 6.07. The lowest BCUT2D eigenvalue weighted by molar-refractivity contribution is -0.114. The summed E-state index contributed by atoms with van der Waals surface area (Å²) in [6.07, 6.45) is 2.38. The molecule has 0 bridgehead atoms. The highest BCUT2D eigenvalue weighted by atomic mass is 16.5. The molecule has 3 aromatic rings. The molecule has 0 fully saturated rings. The molecule has 0 aliphatic heterocycles. The standard InChI is InChI=1S/C21H26N4O3/c1-12(2)7-14(22)11-28-15-5-6-16-17-9-20(24-13(3)26)23-10-18(17)21(27)25(4)19(16)8-15/h5-6,8-10,12,14H,7,11,22H2,1-4H3,(H,23,24,26)/t14-/m0/s1. The van der Waals surface area contributed by atoms with Gasteiger partial charge in [0.15, 0.2) is 0 Å². The quantitative estimate of drug-likeness (QED) is 0.639. The summed E-state index contributed by atoms with van der Waals surface area (Å²) in [6, 6.07) is 7.31. The molecule has 1 atom stereocenters. The summed E-state index contributed by atoms with van der Waals surface area (Å²) < 4.78 is 7.43. The van der Waals surface area contributed by atoms with Crippen molar-refractivity contribution in [3.05, 3.63) is 40.8 Å². The summed E-state index contributed by atoms with van der Waals surface area (Å²) in [6.45, 7) is 6.09. The van der Waals surface area contributed by atoms with Crippen molar-refractivity contribution in [1.29, 1.82) is 0 Å². The molecular weight excluding hydrogens is 356 g/mol. The number of ether oxygens (including phenoxy) is 1. The summed E-state index contributed by atoms with van der Waals surface area (Å²) in [7, 11) is 1.72. The molecule has 0 aliphatic carbocycles. The fourth-order valence-electron chi connectivity index (χ4n) is 3.37. The number of benzene rings is 1. The zero-order valence-electron chi connectivity index (χ0n) is 16.7. The Kier molecular flexibility index (Phi) is 5.65. The van der Waals surface area contributed by atoms with Gasteiger partial charge in [0.1, 0.15) is 18.2 Å².